The number of hydrogen-bond acceptors (Lipinski definition) is 3. The van der Waals surface area contributed by atoms with E-state index in [4.69, 9.17) is 4.74 Å². The molecule has 20 heavy (non-hydrogen) atoms. The summed E-state index contributed by atoms with van der Waals surface area (Å²) >= 11 is 0. The predicted octanol–water partition coefficient (Wildman–Crippen LogP) is 2.85. The van der Waals surface area contributed by atoms with Gasteiger partial charge >= 0.3 is 5.97 Å². The third-order valence-electron chi connectivity index (χ3n) is 3.00. The minimum Gasteiger partial charge on any atom is -0.446 e. The number of esters is 1. The second-order valence-electron chi connectivity index (χ2n) is 5.38. The molecule has 4 heteroatoms. The summed E-state index contributed by atoms with van der Waals surface area (Å²) in [5.74, 6) is -0.757. The molecule has 1 aromatic carbocycles. The lowest BCUT2D eigenvalue weighted by Crippen LogP contribution is -2.45. The zero-order valence-electron chi connectivity index (χ0n) is 12.7. The summed E-state index contributed by atoms with van der Waals surface area (Å²) in [5, 5.41) is 2.77. The van der Waals surface area contributed by atoms with Crippen molar-refractivity contribution in [3.05, 3.63) is 35.4 Å². The predicted molar refractivity (Wildman–Crippen MR) is 78.6 cm³/mol. The third kappa shape index (κ3) is 4.68. The van der Waals surface area contributed by atoms with Gasteiger partial charge in [0.15, 0.2) is 5.60 Å². The molecule has 0 spiro atoms. The molecule has 0 atom stereocenters. The van der Waals surface area contributed by atoms with Crippen molar-refractivity contribution in [2.45, 2.75) is 46.1 Å². The van der Waals surface area contributed by atoms with Crippen LogP contribution < -0.4 is 5.32 Å². The van der Waals surface area contributed by atoms with E-state index in [0.29, 0.717) is 12.1 Å². The van der Waals surface area contributed by atoms with Gasteiger partial charge in [0.1, 0.15) is 0 Å². The summed E-state index contributed by atoms with van der Waals surface area (Å²) in [6.07, 6.45) is 1.91. The Kier molecular flexibility index (Phi) is 5.74. The lowest BCUT2D eigenvalue weighted by molar-refractivity contribution is -0.137. The molecule has 0 unspecified atom stereocenters. The quantitative estimate of drug-likeness (QED) is 0.642. The number of amides is 1. The first kappa shape index (κ1) is 16.2. The highest BCUT2D eigenvalue weighted by atomic mass is 16.6. The van der Waals surface area contributed by atoms with Crippen LogP contribution in [0.25, 0.3) is 0 Å². The fourth-order valence-electron chi connectivity index (χ4n) is 1.62. The molecule has 1 amide bonds. The molecule has 1 rings (SSSR count). The zero-order valence-corrected chi connectivity index (χ0v) is 12.7. The Morgan fingerprint density at radius 2 is 1.80 bits per heavy atom. The lowest BCUT2D eigenvalue weighted by Gasteiger charge is -2.24. The molecule has 0 bridgehead atoms. The SMILES string of the molecule is CCCCNC(=O)C(C)(C)OC(=O)c1ccc(C)cc1. The maximum Gasteiger partial charge on any atom is 0.339 e. The van der Waals surface area contributed by atoms with Gasteiger partial charge in [-0.3, -0.25) is 4.79 Å². The van der Waals surface area contributed by atoms with Crippen molar-refractivity contribution in [3.63, 3.8) is 0 Å². The van der Waals surface area contributed by atoms with Gasteiger partial charge in [0, 0.05) is 6.54 Å². The van der Waals surface area contributed by atoms with Crippen LogP contribution >= 0.6 is 0 Å². The Hall–Kier alpha value is -1.84. The van der Waals surface area contributed by atoms with Crippen LogP contribution in [-0.4, -0.2) is 24.0 Å². The van der Waals surface area contributed by atoms with Crippen molar-refractivity contribution < 1.29 is 14.3 Å². The van der Waals surface area contributed by atoms with E-state index in [1.54, 1.807) is 26.0 Å². The number of carbonyl (C=O) groups excluding carboxylic acids is 2. The normalized spacial score (nSPS) is 11.0. The van der Waals surface area contributed by atoms with Crippen molar-refractivity contribution in [1.29, 1.82) is 0 Å². The number of carbonyl (C=O) groups is 2. The molecule has 0 radical (unpaired) electrons. The van der Waals surface area contributed by atoms with Gasteiger partial charge in [-0.15, -0.1) is 0 Å². The summed E-state index contributed by atoms with van der Waals surface area (Å²) in [4.78, 5) is 24.0. The standard InChI is InChI=1S/C16H23NO3/c1-5-6-11-17-15(19)16(3,4)20-14(18)13-9-7-12(2)8-10-13/h7-10H,5-6,11H2,1-4H3,(H,17,19). The van der Waals surface area contributed by atoms with Crippen LogP contribution in [0.1, 0.15) is 49.5 Å². The number of nitrogens with one attached hydrogen (secondary N) is 1. The molecule has 1 aromatic rings. The number of aryl methyl sites for hydroxylation is 1. The summed E-state index contributed by atoms with van der Waals surface area (Å²) in [7, 11) is 0. The van der Waals surface area contributed by atoms with Crippen LogP contribution in [0, 0.1) is 6.92 Å². The van der Waals surface area contributed by atoms with Crippen LogP contribution in [0.4, 0.5) is 0 Å². The average molecular weight is 277 g/mol. The number of benzene rings is 1. The van der Waals surface area contributed by atoms with Crippen LogP contribution in [-0.2, 0) is 9.53 Å². The van der Waals surface area contributed by atoms with Crippen molar-refractivity contribution in [1.82, 2.24) is 5.32 Å². The first-order chi connectivity index (χ1) is 9.36. The molecule has 0 aromatic heterocycles. The molecule has 110 valence electrons. The molecular weight excluding hydrogens is 254 g/mol. The van der Waals surface area contributed by atoms with Gasteiger partial charge in [0.25, 0.3) is 5.91 Å². The summed E-state index contributed by atoms with van der Waals surface area (Å²) in [5.41, 5.74) is 0.346. The second kappa shape index (κ2) is 7.08. The molecule has 0 saturated carbocycles. The van der Waals surface area contributed by atoms with Crippen LogP contribution in [0.2, 0.25) is 0 Å². The smallest absolute Gasteiger partial charge is 0.339 e. The number of unbranched alkanes of at least 4 members (excludes halogenated alkanes) is 1. The zero-order chi connectivity index (χ0) is 15.2. The molecule has 0 fully saturated rings. The topological polar surface area (TPSA) is 55.4 Å². The first-order valence-corrected chi connectivity index (χ1v) is 6.95. The Balaban J connectivity index is 2.62. The monoisotopic (exact) mass is 277 g/mol. The van der Waals surface area contributed by atoms with Gasteiger partial charge in [-0.25, -0.2) is 4.79 Å². The van der Waals surface area contributed by atoms with Crippen LogP contribution in [0.5, 0.6) is 0 Å². The van der Waals surface area contributed by atoms with Crippen LogP contribution in [0.15, 0.2) is 24.3 Å². The summed E-state index contributed by atoms with van der Waals surface area (Å²) in [6.45, 7) is 7.79. The molecular formula is C16H23NO3. The summed E-state index contributed by atoms with van der Waals surface area (Å²) < 4.78 is 5.31. The van der Waals surface area contributed by atoms with Crippen molar-refractivity contribution in [3.8, 4) is 0 Å². The fraction of sp³-hybridized carbons (Fsp3) is 0.500. The van der Waals surface area contributed by atoms with E-state index < -0.39 is 11.6 Å². The van der Waals surface area contributed by atoms with E-state index in [9.17, 15) is 9.59 Å². The van der Waals surface area contributed by atoms with E-state index in [-0.39, 0.29) is 5.91 Å². The van der Waals surface area contributed by atoms with E-state index in [1.807, 2.05) is 19.1 Å². The Bertz CT molecular complexity index is 463. The minimum absolute atomic E-state index is 0.272. The van der Waals surface area contributed by atoms with Crippen molar-refractivity contribution in [2.75, 3.05) is 6.54 Å². The Labute approximate surface area is 120 Å². The van der Waals surface area contributed by atoms with Crippen molar-refractivity contribution in [2.24, 2.45) is 0 Å². The molecule has 4 nitrogen and oxygen atoms in total. The highest BCUT2D eigenvalue weighted by molar-refractivity contribution is 5.93. The highest BCUT2D eigenvalue weighted by Gasteiger charge is 2.32. The Morgan fingerprint density at radius 1 is 1.20 bits per heavy atom. The van der Waals surface area contributed by atoms with Gasteiger partial charge in [0.2, 0.25) is 0 Å². The van der Waals surface area contributed by atoms with Gasteiger partial charge in [0.05, 0.1) is 5.56 Å². The largest absolute Gasteiger partial charge is 0.446 e. The number of rotatable bonds is 6. The first-order valence-electron chi connectivity index (χ1n) is 6.95. The van der Waals surface area contributed by atoms with Gasteiger partial charge in [-0.1, -0.05) is 31.0 Å². The van der Waals surface area contributed by atoms with E-state index >= 15 is 0 Å². The van der Waals surface area contributed by atoms with Gasteiger partial charge in [-0.05, 0) is 39.3 Å². The molecule has 0 aliphatic rings. The maximum absolute atomic E-state index is 12.0. The minimum atomic E-state index is -1.17. The summed E-state index contributed by atoms with van der Waals surface area (Å²) in [6, 6.07) is 7.07. The maximum atomic E-state index is 12.0. The highest BCUT2D eigenvalue weighted by Crippen LogP contribution is 2.14. The van der Waals surface area contributed by atoms with Gasteiger partial charge < -0.3 is 10.1 Å². The van der Waals surface area contributed by atoms with Crippen LogP contribution in [0.3, 0.4) is 0 Å². The molecule has 0 saturated heterocycles. The Morgan fingerprint density at radius 3 is 2.35 bits per heavy atom. The van der Waals surface area contributed by atoms with E-state index in [0.717, 1.165) is 18.4 Å². The number of hydrogen-bond donors (Lipinski definition) is 1. The second-order valence-corrected chi connectivity index (χ2v) is 5.38. The van der Waals surface area contributed by atoms with E-state index in [1.165, 1.54) is 0 Å². The molecule has 0 aliphatic carbocycles. The fourth-order valence-corrected chi connectivity index (χ4v) is 1.62. The van der Waals surface area contributed by atoms with Crippen molar-refractivity contribution >= 4 is 11.9 Å². The number of ether oxygens (including phenoxy) is 1. The van der Waals surface area contributed by atoms with E-state index in [2.05, 4.69) is 12.2 Å². The third-order valence-corrected chi connectivity index (χ3v) is 3.00. The average Bonchev–Trinajstić information content (AvgIpc) is 2.39. The van der Waals surface area contributed by atoms with Gasteiger partial charge in [-0.2, -0.15) is 0 Å². The molecule has 0 heterocycles. The molecule has 0 aliphatic heterocycles. The lowest BCUT2D eigenvalue weighted by atomic mass is 10.1. The molecule has 1 N–H and O–H groups in total.